The first-order chi connectivity index (χ1) is 9.09. The first-order valence-electron chi connectivity index (χ1n) is 6.84. The van der Waals surface area contributed by atoms with Gasteiger partial charge in [0, 0.05) is 19.3 Å². The van der Waals surface area contributed by atoms with E-state index in [1.807, 2.05) is 19.9 Å². The van der Waals surface area contributed by atoms with Crippen LogP contribution in [0.1, 0.15) is 32.3 Å². The normalized spacial score (nSPS) is 11.8. The Morgan fingerprint density at radius 1 is 1.16 bits per heavy atom. The Morgan fingerprint density at radius 2 is 1.84 bits per heavy atom. The summed E-state index contributed by atoms with van der Waals surface area (Å²) in [5, 5.41) is 0. The van der Waals surface area contributed by atoms with Gasteiger partial charge in [-0.25, -0.2) is 4.39 Å². The predicted octanol–water partition coefficient (Wildman–Crippen LogP) is 3.15. The average Bonchev–Trinajstić information content (AvgIpc) is 2.35. The van der Waals surface area contributed by atoms with Crippen LogP contribution in [0.15, 0.2) is 24.3 Å². The summed E-state index contributed by atoms with van der Waals surface area (Å²) in [6.45, 7) is 4.63. The molecule has 5 heteroatoms. The Bertz CT molecular complexity index is 367. The van der Waals surface area contributed by atoms with Crippen molar-refractivity contribution < 1.29 is 18.0 Å². The van der Waals surface area contributed by atoms with Gasteiger partial charge in [-0.1, -0.05) is 12.1 Å². The maximum Gasteiger partial charge on any atom is 0.498 e. The monoisotopic (exact) mass is 286 g/mol. The highest BCUT2D eigenvalue weighted by atomic mass is 28.4. The molecule has 0 saturated heterocycles. The molecule has 1 aromatic rings. The van der Waals surface area contributed by atoms with Gasteiger partial charge >= 0.3 is 8.80 Å². The maximum atomic E-state index is 13.0. The summed E-state index contributed by atoms with van der Waals surface area (Å²) < 4.78 is 23.7. The van der Waals surface area contributed by atoms with E-state index in [2.05, 4.69) is 0 Å². The van der Waals surface area contributed by atoms with Crippen molar-refractivity contribution in [1.29, 1.82) is 0 Å². The fourth-order valence-corrected chi connectivity index (χ4v) is 3.98. The van der Waals surface area contributed by atoms with E-state index in [4.69, 9.17) is 8.85 Å². The maximum absolute atomic E-state index is 13.0. The number of hydrogen-bond donors (Lipinski definition) is 1. The molecule has 0 fully saturated rings. The van der Waals surface area contributed by atoms with Crippen LogP contribution in [-0.4, -0.2) is 26.8 Å². The molecule has 1 rings (SSSR count). The molecule has 0 aromatic heterocycles. The summed E-state index contributed by atoms with van der Waals surface area (Å²) in [4.78, 5) is 10.2. The van der Waals surface area contributed by atoms with Gasteiger partial charge in [-0.15, -0.1) is 0 Å². The van der Waals surface area contributed by atoms with Crippen molar-refractivity contribution in [2.45, 2.75) is 39.2 Å². The van der Waals surface area contributed by atoms with E-state index in [0.717, 1.165) is 24.8 Å². The third-order valence-corrected chi connectivity index (χ3v) is 5.30. The fraction of sp³-hybridized carbons (Fsp3) is 0.571. The molecule has 0 aliphatic heterocycles. The molecular weight excluding hydrogens is 263 g/mol. The smallest absolute Gasteiger partial charge is 0.390 e. The molecule has 0 unspecified atom stereocenters. The van der Waals surface area contributed by atoms with Crippen molar-refractivity contribution in [2.75, 3.05) is 13.2 Å². The second-order valence-corrected chi connectivity index (χ2v) is 6.92. The molecule has 0 spiro atoms. The number of benzene rings is 1. The van der Waals surface area contributed by atoms with Gasteiger partial charge in [0.15, 0.2) is 0 Å². The Kier molecular flexibility index (Phi) is 7.23. The van der Waals surface area contributed by atoms with Crippen LogP contribution >= 0.6 is 0 Å². The standard InChI is InChI=1S/C14H23FO3Si/c1-3-17-19(16,18-4-2)11-6-5-8-13-9-7-10-14(15)12-13/h7,9-10,12,16H,3-6,8,11H2,1-2H3. The predicted molar refractivity (Wildman–Crippen MR) is 75.4 cm³/mol. The molecule has 3 nitrogen and oxygen atoms in total. The fourth-order valence-electron chi connectivity index (χ4n) is 2.01. The molecular formula is C14H23FO3Si. The summed E-state index contributed by atoms with van der Waals surface area (Å²) >= 11 is 0. The zero-order valence-corrected chi connectivity index (χ0v) is 12.7. The lowest BCUT2D eigenvalue weighted by atomic mass is 10.1. The van der Waals surface area contributed by atoms with Crippen molar-refractivity contribution in [2.24, 2.45) is 0 Å². The van der Waals surface area contributed by atoms with E-state index >= 15 is 0 Å². The largest absolute Gasteiger partial charge is 0.498 e. The van der Waals surface area contributed by atoms with Crippen LogP contribution in [-0.2, 0) is 15.3 Å². The van der Waals surface area contributed by atoms with Crippen LogP contribution in [0.25, 0.3) is 0 Å². The van der Waals surface area contributed by atoms with E-state index in [1.165, 1.54) is 6.07 Å². The Balaban J connectivity index is 2.32. The summed E-state index contributed by atoms with van der Waals surface area (Å²) in [7, 11) is -2.97. The second kappa shape index (κ2) is 8.42. The highest BCUT2D eigenvalue weighted by molar-refractivity contribution is 6.59. The highest BCUT2D eigenvalue weighted by Gasteiger charge is 2.35. The van der Waals surface area contributed by atoms with Crippen molar-refractivity contribution in [3.05, 3.63) is 35.6 Å². The molecule has 0 bridgehead atoms. The Morgan fingerprint density at radius 3 is 2.42 bits per heavy atom. The molecule has 19 heavy (non-hydrogen) atoms. The van der Waals surface area contributed by atoms with Crippen molar-refractivity contribution in [1.82, 2.24) is 0 Å². The van der Waals surface area contributed by atoms with Crippen LogP contribution in [0.5, 0.6) is 0 Å². The van der Waals surface area contributed by atoms with E-state index in [1.54, 1.807) is 12.1 Å². The van der Waals surface area contributed by atoms with E-state index < -0.39 is 8.80 Å². The molecule has 1 N–H and O–H groups in total. The molecule has 0 amide bonds. The lowest BCUT2D eigenvalue weighted by molar-refractivity contribution is 0.107. The van der Waals surface area contributed by atoms with Crippen LogP contribution < -0.4 is 0 Å². The van der Waals surface area contributed by atoms with Crippen molar-refractivity contribution in [3.63, 3.8) is 0 Å². The quantitative estimate of drug-likeness (QED) is 0.560. The Labute approximate surface area is 115 Å². The van der Waals surface area contributed by atoms with Crippen molar-refractivity contribution >= 4 is 8.80 Å². The minimum atomic E-state index is -2.97. The molecule has 0 radical (unpaired) electrons. The number of unbranched alkanes of at least 4 members (excludes halogenated alkanes) is 1. The molecule has 0 heterocycles. The van der Waals surface area contributed by atoms with E-state index in [0.29, 0.717) is 19.3 Å². The lowest BCUT2D eigenvalue weighted by Gasteiger charge is -2.22. The van der Waals surface area contributed by atoms with Gasteiger partial charge in [-0.3, -0.25) is 0 Å². The third-order valence-electron chi connectivity index (χ3n) is 2.84. The van der Waals surface area contributed by atoms with Crippen LogP contribution in [0.3, 0.4) is 0 Å². The minimum absolute atomic E-state index is 0.202. The zero-order chi connectivity index (χ0) is 14.1. The number of hydrogen-bond acceptors (Lipinski definition) is 3. The zero-order valence-electron chi connectivity index (χ0n) is 11.7. The molecule has 1 aromatic carbocycles. The first kappa shape index (κ1) is 16.3. The summed E-state index contributed by atoms with van der Waals surface area (Å²) in [5.41, 5.74) is 0.984. The van der Waals surface area contributed by atoms with Gasteiger partial charge in [0.1, 0.15) is 5.82 Å². The summed E-state index contributed by atoms with van der Waals surface area (Å²) in [6.07, 6.45) is 2.51. The topological polar surface area (TPSA) is 38.7 Å². The first-order valence-corrected chi connectivity index (χ1v) is 8.81. The molecule has 0 atom stereocenters. The number of aryl methyl sites for hydroxylation is 1. The van der Waals surface area contributed by atoms with Crippen molar-refractivity contribution in [3.8, 4) is 0 Å². The lowest BCUT2D eigenvalue weighted by Crippen LogP contribution is -2.42. The number of rotatable bonds is 9. The summed E-state index contributed by atoms with van der Waals surface area (Å²) in [6, 6.07) is 7.19. The molecule has 108 valence electrons. The van der Waals surface area contributed by atoms with E-state index in [-0.39, 0.29) is 5.82 Å². The van der Waals surface area contributed by atoms with E-state index in [9.17, 15) is 9.19 Å². The molecule has 0 aliphatic rings. The minimum Gasteiger partial charge on any atom is -0.390 e. The van der Waals surface area contributed by atoms with Gasteiger partial charge in [0.2, 0.25) is 0 Å². The van der Waals surface area contributed by atoms with Gasteiger partial charge < -0.3 is 13.6 Å². The highest BCUT2D eigenvalue weighted by Crippen LogP contribution is 2.16. The van der Waals surface area contributed by atoms with Gasteiger partial charge in [0.25, 0.3) is 0 Å². The van der Waals surface area contributed by atoms with Gasteiger partial charge in [-0.05, 0) is 50.8 Å². The average molecular weight is 286 g/mol. The molecule has 0 saturated carbocycles. The SMILES string of the molecule is CCO[Si](O)(CCCCc1cccc(F)c1)OCC. The second-order valence-electron chi connectivity index (χ2n) is 4.42. The van der Waals surface area contributed by atoms with Crippen LogP contribution in [0, 0.1) is 5.82 Å². The Hall–Kier alpha value is -0.753. The molecule has 0 aliphatic carbocycles. The third kappa shape index (κ3) is 6.29. The van der Waals surface area contributed by atoms with Crippen LogP contribution in [0.2, 0.25) is 6.04 Å². The van der Waals surface area contributed by atoms with Crippen LogP contribution in [0.4, 0.5) is 4.39 Å². The summed E-state index contributed by atoms with van der Waals surface area (Å²) in [5.74, 6) is -0.202. The number of halogens is 1. The van der Waals surface area contributed by atoms with Gasteiger partial charge in [0.05, 0.1) is 0 Å². The van der Waals surface area contributed by atoms with Gasteiger partial charge in [-0.2, -0.15) is 0 Å².